The number of alkyl halides is 2. The third-order valence-electron chi connectivity index (χ3n) is 4.33. The summed E-state index contributed by atoms with van der Waals surface area (Å²) in [7, 11) is 0. The standard InChI is InChI=1S/C14H20Cl2N2O5/c1-5(17)11(21)18-10-7-3-6(19)4-8(20)9(7)12(22)23-14(10,2)13(15)16/h5-7,10,13,19-20H,3-4,17H2,1-2H3,(H,18,21)/t5-,6+,7-,10-,14+/m1/s1. The Labute approximate surface area is 143 Å². The van der Waals surface area contributed by atoms with Gasteiger partial charge in [-0.1, -0.05) is 0 Å². The SMILES string of the molecule is C[C@@H](N)C(=O)N[C@@H]1[C@@H]2C[C@H](O)CC(O)=C2C(=O)O[C@]1(C)C(Cl)Cl. The monoisotopic (exact) mass is 366 g/mol. The molecular formula is C14H20Cl2N2O5. The first kappa shape index (κ1) is 18.3. The molecule has 0 aromatic heterocycles. The van der Waals surface area contributed by atoms with Crippen molar-refractivity contribution in [1.82, 2.24) is 5.32 Å². The van der Waals surface area contributed by atoms with Gasteiger partial charge in [0, 0.05) is 12.3 Å². The Morgan fingerprint density at radius 2 is 2.13 bits per heavy atom. The zero-order chi connectivity index (χ0) is 17.5. The van der Waals surface area contributed by atoms with Crippen molar-refractivity contribution in [2.75, 3.05) is 0 Å². The van der Waals surface area contributed by atoms with Crippen LogP contribution in [-0.4, -0.2) is 50.7 Å². The molecule has 0 spiro atoms. The topological polar surface area (TPSA) is 122 Å². The summed E-state index contributed by atoms with van der Waals surface area (Å²) in [5.74, 6) is -2.15. The Morgan fingerprint density at radius 3 is 2.65 bits per heavy atom. The van der Waals surface area contributed by atoms with Crippen LogP contribution >= 0.6 is 23.2 Å². The normalized spacial score (nSPS) is 35.6. The molecule has 0 aromatic carbocycles. The third kappa shape index (κ3) is 3.28. The molecule has 0 radical (unpaired) electrons. The molecule has 9 heteroatoms. The van der Waals surface area contributed by atoms with E-state index in [4.69, 9.17) is 33.7 Å². The van der Waals surface area contributed by atoms with Crippen LogP contribution in [0.15, 0.2) is 11.3 Å². The molecule has 0 saturated carbocycles. The van der Waals surface area contributed by atoms with Gasteiger partial charge in [0.1, 0.15) is 10.6 Å². The van der Waals surface area contributed by atoms with Crippen molar-refractivity contribution in [1.29, 1.82) is 0 Å². The maximum atomic E-state index is 12.3. The van der Waals surface area contributed by atoms with Gasteiger partial charge >= 0.3 is 5.97 Å². The smallest absolute Gasteiger partial charge is 0.338 e. The second kappa shape index (κ2) is 6.47. The van der Waals surface area contributed by atoms with Crippen molar-refractivity contribution in [3.05, 3.63) is 11.3 Å². The van der Waals surface area contributed by atoms with Crippen molar-refractivity contribution in [2.24, 2.45) is 11.7 Å². The van der Waals surface area contributed by atoms with Crippen LogP contribution in [0.5, 0.6) is 0 Å². The van der Waals surface area contributed by atoms with Gasteiger partial charge in [-0.3, -0.25) is 4.79 Å². The van der Waals surface area contributed by atoms with Crippen LogP contribution in [0.25, 0.3) is 0 Å². The van der Waals surface area contributed by atoms with E-state index in [1.54, 1.807) is 0 Å². The molecule has 0 bridgehead atoms. The molecule has 1 aliphatic carbocycles. The third-order valence-corrected chi connectivity index (χ3v) is 5.20. The molecule has 0 unspecified atom stereocenters. The van der Waals surface area contributed by atoms with E-state index in [0.717, 1.165) is 0 Å². The fraction of sp³-hybridized carbons (Fsp3) is 0.714. The molecule has 2 rings (SSSR count). The highest BCUT2D eigenvalue weighted by molar-refractivity contribution is 6.45. The highest BCUT2D eigenvalue weighted by atomic mass is 35.5. The molecule has 2 aliphatic rings. The number of halogens is 2. The molecule has 130 valence electrons. The minimum Gasteiger partial charge on any atom is -0.512 e. The van der Waals surface area contributed by atoms with Crippen molar-refractivity contribution >= 4 is 35.1 Å². The summed E-state index contributed by atoms with van der Waals surface area (Å²) in [6, 6.07) is -1.62. The number of carbonyl (C=O) groups excluding carboxylic acids is 2. The lowest BCUT2D eigenvalue weighted by Crippen LogP contribution is -2.66. The van der Waals surface area contributed by atoms with Gasteiger partial charge in [0.15, 0.2) is 5.60 Å². The van der Waals surface area contributed by atoms with Gasteiger partial charge in [0.2, 0.25) is 5.91 Å². The summed E-state index contributed by atoms with van der Waals surface area (Å²) in [5.41, 5.74) is 4.19. The van der Waals surface area contributed by atoms with Crippen LogP contribution in [0, 0.1) is 5.92 Å². The van der Waals surface area contributed by atoms with Gasteiger partial charge < -0.3 is 26.0 Å². The number of cyclic esters (lactones) is 1. The fourth-order valence-corrected chi connectivity index (χ4v) is 3.40. The molecule has 0 aromatic rings. The number of esters is 1. The van der Waals surface area contributed by atoms with E-state index in [1.807, 2.05) is 0 Å². The number of ether oxygens (including phenoxy) is 1. The second-order valence-corrected chi connectivity index (χ2v) is 7.31. The Morgan fingerprint density at radius 1 is 1.52 bits per heavy atom. The maximum Gasteiger partial charge on any atom is 0.338 e. The number of amides is 1. The predicted molar refractivity (Wildman–Crippen MR) is 84.0 cm³/mol. The van der Waals surface area contributed by atoms with E-state index in [9.17, 15) is 19.8 Å². The highest BCUT2D eigenvalue weighted by Crippen LogP contribution is 2.44. The number of hydrogen-bond acceptors (Lipinski definition) is 6. The average molecular weight is 367 g/mol. The number of aliphatic hydroxyl groups excluding tert-OH is 2. The van der Waals surface area contributed by atoms with Gasteiger partial charge in [-0.05, 0) is 20.3 Å². The van der Waals surface area contributed by atoms with Gasteiger partial charge in [-0.15, -0.1) is 23.2 Å². The van der Waals surface area contributed by atoms with E-state index in [1.165, 1.54) is 13.8 Å². The largest absolute Gasteiger partial charge is 0.512 e. The number of carbonyl (C=O) groups is 2. The lowest BCUT2D eigenvalue weighted by Gasteiger charge is -2.48. The molecule has 23 heavy (non-hydrogen) atoms. The lowest BCUT2D eigenvalue weighted by atomic mass is 9.72. The van der Waals surface area contributed by atoms with Crippen LogP contribution in [0.1, 0.15) is 26.7 Å². The summed E-state index contributed by atoms with van der Waals surface area (Å²) < 4.78 is 5.35. The van der Waals surface area contributed by atoms with Crippen molar-refractivity contribution in [2.45, 2.75) is 55.3 Å². The molecular weight excluding hydrogens is 347 g/mol. The minimum atomic E-state index is -1.42. The number of fused-ring (bicyclic) bond motifs is 1. The Bertz CT molecular complexity index is 551. The molecule has 1 aliphatic heterocycles. The summed E-state index contributed by atoms with van der Waals surface area (Å²) in [4.78, 5) is 23.2. The quantitative estimate of drug-likeness (QED) is 0.426. The number of nitrogens with two attached hydrogens (primary N) is 1. The van der Waals surface area contributed by atoms with Crippen LogP contribution in [-0.2, 0) is 14.3 Å². The second-order valence-electron chi connectivity index (χ2n) is 6.21. The number of hydrogen-bond donors (Lipinski definition) is 4. The van der Waals surface area contributed by atoms with Crippen molar-refractivity contribution in [3.63, 3.8) is 0 Å². The van der Waals surface area contributed by atoms with Crippen LogP contribution in [0.2, 0.25) is 0 Å². The van der Waals surface area contributed by atoms with Crippen LogP contribution in [0.4, 0.5) is 0 Å². The van der Waals surface area contributed by atoms with Crippen molar-refractivity contribution < 1.29 is 24.5 Å². The molecule has 1 saturated heterocycles. The van der Waals surface area contributed by atoms with Gasteiger partial charge in [-0.25, -0.2) is 4.79 Å². The molecule has 5 N–H and O–H groups in total. The van der Waals surface area contributed by atoms with Gasteiger partial charge in [0.05, 0.1) is 23.8 Å². The first-order valence-corrected chi connectivity index (χ1v) is 8.12. The van der Waals surface area contributed by atoms with E-state index < -0.39 is 46.4 Å². The van der Waals surface area contributed by atoms with Crippen LogP contribution in [0.3, 0.4) is 0 Å². The molecule has 1 amide bonds. The molecule has 5 atom stereocenters. The number of rotatable bonds is 3. The predicted octanol–water partition coefficient (Wildman–Crippen LogP) is 0.521. The number of aliphatic hydroxyl groups is 2. The molecule has 1 heterocycles. The van der Waals surface area contributed by atoms with Gasteiger partial charge in [-0.2, -0.15) is 0 Å². The summed E-state index contributed by atoms with van der Waals surface area (Å²) in [5, 5.41) is 22.6. The van der Waals surface area contributed by atoms with Crippen molar-refractivity contribution in [3.8, 4) is 0 Å². The summed E-state index contributed by atoms with van der Waals surface area (Å²) in [6.07, 6.45) is -0.733. The first-order valence-electron chi connectivity index (χ1n) is 7.25. The van der Waals surface area contributed by atoms with E-state index >= 15 is 0 Å². The van der Waals surface area contributed by atoms with Gasteiger partial charge in [0.25, 0.3) is 0 Å². The number of nitrogens with one attached hydrogen (secondary N) is 1. The molecule has 7 nitrogen and oxygen atoms in total. The minimum absolute atomic E-state index is 0.0386. The Hall–Kier alpha value is -1.02. The average Bonchev–Trinajstić information content (AvgIpc) is 2.41. The Kier molecular flexibility index (Phi) is 5.15. The van der Waals surface area contributed by atoms with E-state index in [-0.39, 0.29) is 24.2 Å². The zero-order valence-electron chi connectivity index (χ0n) is 12.8. The first-order chi connectivity index (χ1) is 10.6. The lowest BCUT2D eigenvalue weighted by molar-refractivity contribution is -0.167. The highest BCUT2D eigenvalue weighted by Gasteiger charge is 2.56. The summed E-state index contributed by atoms with van der Waals surface area (Å²) in [6.45, 7) is 3.00. The van der Waals surface area contributed by atoms with E-state index in [0.29, 0.717) is 0 Å². The molecule has 1 fully saturated rings. The summed E-state index contributed by atoms with van der Waals surface area (Å²) >= 11 is 12.0. The Balaban J connectivity index is 2.47. The van der Waals surface area contributed by atoms with Crippen LogP contribution < -0.4 is 11.1 Å². The van der Waals surface area contributed by atoms with E-state index in [2.05, 4.69) is 5.32 Å². The maximum absolute atomic E-state index is 12.3. The fourth-order valence-electron chi connectivity index (χ4n) is 3.04. The zero-order valence-corrected chi connectivity index (χ0v) is 14.3.